The second-order valence-corrected chi connectivity index (χ2v) is 4.41. The monoisotopic (exact) mass is 214 g/mol. The first-order chi connectivity index (χ1) is 7.09. The van der Waals surface area contributed by atoms with Gasteiger partial charge in [0.1, 0.15) is 0 Å². The van der Waals surface area contributed by atoms with E-state index in [0.717, 1.165) is 19.4 Å². The van der Waals surface area contributed by atoms with Gasteiger partial charge in [-0.1, -0.05) is 0 Å². The Balaban J connectivity index is 2.21. The highest BCUT2D eigenvalue weighted by Gasteiger charge is 2.20. The van der Waals surface area contributed by atoms with E-state index in [4.69, 9.17) is 10.5 Å². The molecule has 0 saturated carbocycles. The van der Waals surface area contributed by atoms with E-state index in [1.807, 2.05) is 18.7 Å². The fraction of sp³-hybridized carbons (Fsp3) is 0.909. The fourth-order valence-corrected chi connectivity index (χ4v) is 1.78. The smallest absolute Gasteiger partial charge is 0.224 e. The Bertz CT molecular complexity index is 207. The molecule has 0 radical (unpaired) electrons. The Kier molecular flexibility index (Phi) is 5.05. The van der Waals surface area contributed by atoms with Gasteiger partial charge in [-0.15, -0.1) is 0 Å². The van der Waals surface area contributed by atoms with E-state index in [2.05, 4.69) is 0 Å². The molecule has 1 heterocycles. The lowest BCUT2D eigenvalue weighted by Crippen LogP contribution is -2.45. The molecular formula is C11H22N2O2. The molecule has 1 aliphatic heterocycles. The molecule has 1 atom stereocenters. The number of carbonyl (C=O) groups is 1. The molecule has 4 nitrogen and oxygen atoms in total. The van der Waals surface area contributed by atoms with Gasteiger partial charge in [0.2, 0.25) is 5.91 Å². The first-order valence-corrected chi connectivity index (χ1v) is 5.74. The van der Waals surface area contributed by atoms with Gasteiger partial charge in [0.25, 0.3) is 0 Å². The molecule has 88 valence electrons. The van der Waals surface area contributed by atoms with Crippen LogP contribution in [0.1, 0.15) is 33.1 Å². The minimum absolute atomic E-state index is 0.161. The van der Waals surface area contributed by atoms with Gasteiger partial charge in [0.05, 0.1) is 19.1 Å². The molecule has 0 aromatic carbocycles. The van der Waals surface area contributed by atoms with Gasteiger partial charge in [-0.2, -0.15) is 0 Å². The van der Waals surface area contributed by atoms with Crippen molar-refractivity contribution in [1.82, 2.24) is 4.90 Å². The number of carbonyl (C=O) groups excluding carboxylic acids is 1. The highest BCUT2D eigenvalue weighted by molar-refractivity contribution is 5.76. The first kappa shape index (κ1) is 12.5. The van der Waals surface area contributed by atoms with E-state index in [-0.39, 0.29) is 18.1 Å². The summed E-state index contributed by atoms with van der Waals surface area (Å²) in [5.41, 5.74) is 5.81. The van der Waals surface area contributed by atoms with Crippen molar-refractivity contribution in [3.05, 3.63) is 0 Å². The molecular weight excluding hydrogens is 192 g/mol. The third-order valence-electron chi connectivity index (χ3n) is 2.58. The van der Waals surface area contributed by atoms with Crippen molar-refractivity contribution in [3.63, 3.8) is 0 Å². The maximum atomic E-state index is 11.7. The quantitative estimate of drug-likeness (QED) is 0.751. The minimum atomic E-state index is 0.161. The zero-order chi connectivity index (χ0) is 11.3. The molecule has 1 unspecified atom stereocenters. The van der Waals surface area contributed by atoms with Crippen molar-refractivity contribution >= 4 is 5.91 Å². The summed E-state index contributed by atoms with van der Waals surface area (Å²) in [5.74, 6) is 0.172. The molecule has 0 aliphatic carbocycles. The number of likely N-dealkylation sites (tertiary alicyclic amines) is 1. The van der Waals surface area contributed by atoms with Crippen molar-refractivity contribution in [1.29, 1.82) is 0 Å². The average molecular weight is 214 g/mol. The van der Waals surface area contributed by atoms with Gasteiger partial charge in [-0.3, -0.25) is 4.79 Å². The van der Waals surface area contributed by atoms with Crippen molar-refractivity contribution in [2.45, 2.75) is 45.3 Å². The number of rotatable bonds is 4. The molecule has 0 bridgehead atoms. The number of piperidine rings is 1. The van der Waals surface area contributed by atoms with Crippen LogP contribution in [0.4, 0.5) is 0 Å². The predicted octanol–water partition coefficient (Wildman–Crippen LogP) is 0.751. The standard InChI is InChI=1S/C11H22N2O2/c1-9(2)15-7-5-11(14)13-6-3-4-10(12)8-13/h9-10H,3-8,12H2,1-2H3. The molecule has 1 saturated heterocycles. The number of nitrogens with zero attached hydrogens (tertiary/aromatic N) is 1. The van der Waals surface area contributed by atoms with Gasteiger partial charge in [-0.05, 0) is 26.7 Å². The molecule has 1 amide bonds. The van der Waals surface area contributed by atoms with Crippen LogP contribution in [0.15, 0.2) is 0 Å². The molecule has 15 heavy (non-hydrogen) atoms. The number of hydrogen-bond acceptors (Lipinski definition) is 3. The Labute approximate surface area is 91.8 Å². The predicted molar refractivity (Wildman–Crippen MR) is 59.5 cm³/mol. The van der Waals surface area contributed by atoms with Crippen LogP contribution < -0.4 is 5.73 Å². The van der Waals surface area contributed by atoms with Crippen LogP contribution in [0.5, 0.6) is 0 Å². The normalized spacial score (nSPS) is 22.1. The molecule has 4 heteroatoms. The SMILES string of the molecule is CC(C)OCCC(=O)N1CCCC(N)C1. The van der Waals surface area contributed by atoms with Crippen LogP contribution in [-0.4, -0.2) is 42.6 Å². The fourth-order valence-electron chi connectivity index (χ4n) is 1.78. The van der Waals surface area contributed by atoms with E-state index >= 15 is 0 Å². The largest absolute Gasteiger partial charge is 0.378 e. The van der Waals surface area contributed by atoms with Crippen LogP contribution in [-0.2, 0) is 9.53 Å². The zero-order valence-electron chi connectivity index (χ0n) is 9.74. The van der Waals surface area contributed by atoms with Gasteiger partial charge in [-0.25, -0.2) is 0 Å². The lowest BCUT2D eigenvalue weighted by molar-refractivity contribution is -0.133. The number of nitrogens with two attached hydrogens (primary N) is 1. The molecule has 2 N–H and O–H groups in total. The second kappa shape index (κ2) is 6.08. The lowest BCUT2D eigenvalue weighted by Gasteiger charge is -2.30. The Hall–Kier alpha value is -0.610. The van der Waals surface area contributed by atoms with Gasteiger partial charge < -0.3 is 15.4 Å². The zero-order valence-corrected chi connectivity index (χ0v) is 9.74. The summed E-state index contributed by atoms with van der Waals surface area (Å²) < 4.78 is 5.35. The van der Waals surface area contributed by atoms with Crippen molar-refractivity contribution in [3.8, 4) is 0 Å². The minimum Gasteiger partial charge on any atom is -0.378 e. The van der Waals surface area contributed by atoms with E-state index in [0.29, 0.717) is 19.6 Å². The summed E-state index contributed by atoms with van der Waals surface area (Å²) in [4.78, 5) is 13.6. The van der Waals surface area contributed by atoms with E-state index in [1.165, 1.54) is 0 Å². The molecule has 0 aromatic heterocycles. The molecule has 0 spiro atoms. The van der Waals surface area contributed by atoms with Crippen LogP contribution in [0.3, 0.4) is 0 Å². The maximum absolute atomic E-state index is 11.7. The second-order valence-electron chi connectivity index (χ2n) is 4.41. The highest BCUT2D eigenvalue weighted by atomic mass is 16.5. The van der Waals surface area contributed by atoms with E-state index in [1.54, 1.807) is 0 Å². The van der Waals surface area contributed by atoms with E-state index < -0.39 is 0 Å². The summed E-state index contributed by atoms with van der Waals surface area (Å²) in [5, 5.41) is 0. The summed E-state index contributed by atoms with van der Waals surface area (Å²) in [6, 6.07) is 0.161. The van der Waals surface area contributed by atoms with Crippen molar-refractivity contribution < 1.29 is 9.53 Å². The van der Waals surface area contributed by atoms with Gasteiger partial charge in [0, 0.05) is 19.1 Å². The number of amides is 1. The maximum Gasteiger partial charge on any atom is 0.224 e. The molecule has 1 fully saturated rings. The number of ether oxygens (including phenoxy) is 1. The van der Waals surface area contributed by atoms with Crippen LogP contribution >= 0.6 is 0 Å². The van der Waals surface area contributed by atoms with E-state index in [9.17, 15) is 4.79 Å². The topological polar surface area (TPSA) is 55.6 Å². The van der Waals surface area contributed by atoms with Crippen LogP contribution in [0.2, 0.25) is 0 Å². The molecule has 1 aliphatic rings. The summed E-state index contributed by atoms with van der Waals surface area (Å²) in [7, 11) is 0. The van der Waals surface area contributed by atoms with Gasteiger partial charge in [0.15, 0.2) is 0 Å². The molecule has 1 rings (SSSR count). The Morgan fingerprint density at radius 3 is 2.93 bits per heavy atom. The molecule has 0 aromatic rings. The number of hydrogen-bond donors (Lipinski definition) is 1. The summed E-state index contributed by atoms with van der Waals surface area (Å²) in [6.45, 7) is 6.03. The lowest BCUT2D eigenvalue weighted by atomic mass is 10.1. The first-order valence-electron chi connectivity index (χ1n) is 5.74. The van der Waals surface area contributed by atoms with Gasteiger partial charge >= 0.3 is 0 Å². The average Bonchev–Trinajstić information content (AvgIpc) is 2.17. The third-order valence-corrected chi connectivity index (χ3v) is 2.58. The highest BCUT2D eigenvalue weighted by Crippen LogP contribution is 2.09. The van der Waals surface area contributed by atoms with Crippen LogP contribution in [0, 0.1) is 0 Å². The summed E-state index contributed by atoms with van der Waals surface area (Å²) >= 11 is 0. The Morgan fingerprint density at radius 1 is 1.60 bits per heavy atom. The summed E-state index contributed by atoms with van der Waals surface area (Å²) in [6.07, 6.45) is 2.73. The van der Waals surface area contributed by atoms with Crippen molar-refractivity contribution in [2.75, 3.05) is 19.7 Å². The third kappa shape index (κ3) is 4.62. The van der Waals surface area contributed by atoms with Crippen molar-refractivity contribution in [2.24, 2.45) is 5.73 Å². The Morgan fingerprint density at radius 2 is 2.33 bits per heavy atom. The van der Waals surface area contributed by atoms with Crippen LogP contribution in [0.25, 0.3) is 0 Å².